The van der Waals surface area contributed by atoms with Gasteiger partial charge in [0.05, 0.1) is 23.6 Å². The third kappa shape index (κ3) is 4.22. The zero-order valence-electron chi connectivity index (χ0n) is 21.4. The van der Waals surface area contributed by atoms with Gasteiger partial charge >= 0.3 is 0 Å². The summed E-state index contributed by atoms with van der Waals surface area (Å²) < 4.78 is 14.4. The van der Waals surface area contributed by atoms with E-state index in [-0.39, 0.29) is 17.6 Å². The van der Waals surface area contributed by atoms with Crippen LogP contribution in [0.1, 0.15) is 25.8 Å². The molecule has 3 unspecified atom stereocenters. The Morgan fingerprint density at radius 1 is 1.11 bits per heavy atom. The standard InChI is InChI=1S/C29H32N6O3/c1-3-24(36)34-15-13-29(14-16-34)19(2)23(17-37-29)35-28-25(27(30)31-18-32-28)26(33-35)20-9-11-22(12-10-20)38-21-7-5-4-6-8-21/h3-12,18-19,23-24,36H,1,13-17H2,2H3,(H2,30,31,32). The van der Waals surface area contributed by atoms with E-state index in [1.54, 1.807) is 6.08 Å². The molecule has 38 heavy (non-hydrogen) atoms. The number of ether oxygens (including phenoxy) is 2. The highest BCUT2D eigenvalue weighted by Gasteiger charge is 2.50. The molecular weight excluding hydrogens is 480 g/mol. The summed E-state index contributed by atoms with van der Waals surface area (Å²) in [7, 11) is 0. The lowest BCUT2D eigenvalue weighted by atomic mass is 9.79. The van der Waals surface area contributed by atoms with Gasteiger partial charge in [0, 0.05) is 24.6 Å². The average molecular weight is 513 g/mol. The van der Waals surface area contributed by atoms with Gasteiger partial charge in [0.2, 0.25) is 0 Å². The Bertz CT molecular complexity index is 1430. The molecule has 196 valence electrons. The van der Waals surface area contributed by atoms with E-state index in [0.29, 0.717) is 18.1 Å². The number of fused-ring (bicyclic) bond motifs is 1. The molecule has 6 rings (SSSR count). The van der Waals surface area contributed by atoms with Crippen molar-refractivity contribution in [1.29, 1.82) is 0 Å². The number of nitrogen functional groups attached to an aromatic ring is 1. The summed E-state index contributed by atoms with van der Waals surface area (Å²) in [4.78, 5) is 10.9. The molecule has 0 aliphatic carbocycles. The molecule has 4 aromatic rings. The van der Waals surface area contributed by atoms with Gasteiger partial charge in [-0.3, -0.25) is 4.90 Å². The molecule has 0 saturated carbocycles. The van der Waals surface area contributed by atoms with Crippen molar-refractivity contribution in [3.8, 4) is 22.8 Å². The Morgan fingerprint density at radius 2 is 1.82 bits per heavy atom. The van der Waals surface area contributed by atoms with Gasteiger partial charge < -0.3 is 20.3 Å². The molecule has 2 fully saturated rings. The van der Waals surface area contributed by atoms with Crippen LogP contribution in [0.3, 0.4) is 0 Å². The number of rotatable bonds is 6. The first-order valence-corrected chi connectivity index (χ1v) is 13.0. The van der Waals surface area contributed by atoms with Crippen LogP contribution in [0.5, 0.6) is 11.5 Å². The SMILES string of the molecule is C=CC(O)N1CCC2(CC1)OCC(n1nc(-c3ccc(Oc4ccccc4)cc3)c3c(N)ncnc31)C2C. The molecule has 2 aliphatic rings. The number of nitrogens with two attached hydrogens (primary N) is 1. The number of para-hydroxylation sites is 1. The number of benzene rings is 2. The maximum Gasteiger partial charge on any atom is 0.164 e. The summed E-state index contributed by atoms with van der Waals surface area (Å²) in [5.74, 6) is 2.11. The summed E-state index contributed by atoms with van der Waals surface area (Å²) in [6.07, 6.45) is 4.11. The van der Waals surface area contributed by atoms with Gasteiger partial charge in [-0.1, -0.05) is 31.7 Å². The highest BCUT2D eigenvalue weighted by atomic mass is 16.5. The lowest BCUT2D eigenvalue weighted by Crippen LogP contribution is -2.50. The van der Waals surface area contributed by atoms with E-state index in [0.717, 1.165) is 54.1 Å². The van der Waals surface area contributed by atoms with E-state index in [4.69, 9.17) is 20.3 Å². The first-order chi connectivity index (χ1) is 18.5. The van der Waals surface area contributed by atoms with Gasteiger partial charge in [-0.25, -0.2) is 14.6 Å². The molecule has 9 heteroatoms. The number of aliphatic hydroxyl groups is 1. The van der Waals surface area contributed by atoms with Crippen molar-refractivity contribution >= 4 is 16.9 Å². The van der Waals surface area contributed by atoms with E-state index in [1.807, 2.05) is 64.2 Å². The van der Waals surface area contributed by atoms with Crippen LogP contribution in [0, 0.1) is 5.92 Å². The molecule has 2 aliphatic heterocycles. The lowest BCUT2D eigenvalue weighted by molar-refractivity contribution is -0.0867. The van der Waals surface area contributed by atoms with Gasteiger partial charge in [0.25, 0.3) is 0 Å². The van der Waals surface area contributed by atoms with Crippen LogP contribution in [-0.2, 0) is 4.74 Å². The molecule has 0 radical (unpaired) electrons. The van der Waals surface area contributed by atoms with Crippen LogP contribution >= 0.6 is 0 Å². The Morgan fingerprint density at radius 3 is 2.53 bits per heavy atom. The number of aromatic nitrogens is 4. The molecule has 4 heterocycles. The number of likely N-dealkylation sites (tertiary alicyclic amines) is 1. The number of nitrogens with zero attached hydrogens (tertiary/aromatic N) is 5. The summed E-state index contributed by atoms with van der Waals surface area (Å²) >= 11 is 0. The second kappa shape index (κ2) is 9.83. The number of hydrogen-bond donors (Lipinski definition) is 2. The number of piperidine rings is 1. The smallest absolute Gasteiger partial charge is 0.164 e. The number of aliphatic hydroxyl groups excluding tert-OH is 1. The minimum atomic E-state index is -0.623. The van der Waals surface area contributed by atoms with Gasteiger partial charge in [-0.2, -0.15) is 5.10 Å². The average Bonchev–Trinajstić information content (AvgIpc) is 3.48. The van der Waals surface area contributed by atoms with Crippen molar-refractivity contribution in [2.75, 3.05) is 25.4 Å². The van der Waals surface area contributed by atoms with Gasteiger partial charge in [-0.15, -0.1) is 0 Å². The molecule has 0 amide bonds. The van der Waals surface area contributed by atoms with Crippen LogP contribution in [0.25, 0.3) is 22.3 Å². The molecule has 2 saturated heterocycles. The monoisotopic (exact) mass is 512 g/mol. The Kier molecular flexibility index (Phi) is 6.35. The van der Waals surface area contributed by atoms with E-state index in [1.165, 1.54) is 6.33 Å². The Hall–Kier alpha value is -3.79. The van der Waals surface area contributed by atoms with Crippen molar-refractivity contribution in [3.05, 3.63) is 73.6 Å². The maximum atomic E-state index is 10.2. The van der Waals surface area contributed by atoms with Crippen LogP contribution < -0.4 is 10.5 Å². The molecule has 0 bridgehead atoms. The zero-order chi connectivity index (χ0) is 26.3. The van der Waals surface area contributed by atoms with E-state index < -0.39 is 6.23 Å². The topological polar surface area (TPSA) is 112 Å². The van der Waals surface area contributed by atoms with Crippen molar-refractivity contribution in [3.63, 3.8) is 0 Å². The van der Waals surface area contributed by atoms with Crippen LogP contribution in [-0.4, -0.2) is 61.3 Å². The van der Waals surface area contributed by atoms with E-state index in [2.05, 4.69) is 23.5 Å². The van der Waals surface area contributed by atoms with Crippen molar-refractivity contribution < 1.29 is 14.6 Å². The quantitative estimate of drug-likeness (QED) is 0.366. The summed E-state index contributed by atoms with van der Waals surface area (Å²) in [5, 5.41) is 16.0. The minimum absolute atomic E-state index is 0.00267. The predicted octanol–water partition coefficient (Wildman–Crippen LogP) is 4.41. The fourth-order valence-corrected chi connectivity index (χ4v) is 5.81. The van der Waals surface area contributed by atoms with Crippen LogP contribution in [0.4, 0.5) is 5.82 Å². The third-order valence-corrected chi connectivity index (χ3v) is 8.12. The molecule has 9 nitrogen and oxygen atoms in total. The molecule has 1 spiro atoms. The first-order valence-electron chi connectivity index (χ1n) is 13.0. The van der Waals surface area contributed by atoms with Crippen LogP contribution in [0.15, 0.2) is 73.6 Å². The minimum Gasteiger partial charge on any atom is -0.457 e. The van der Waals surface area contributed by atoms with Crippen molar-refractivity contribution in [2.45, 2.75) is 37.6 Å². The summed E-state index contributed by atoms with van der Waals surface area (Å²) in [5.41, 5.74) is 8.45. The van der Waals surface area contributed by atoms with Gasteiger partial charge in [0.15, 0.2) is 5.65 Å². The number of anilines is 1. The van der Waals surface area contributed by atoms with Crippen LogP contribution in [0.2, 0.25) is 0 Å². The van der Waals surface area contributed by atoms with Crippen molar-refractivity contribution in [2.24, 2.45) is 5.92 Å². The predicted molar refractivity (Wildman–Crippen MR) is 146 cm³/mol. The fraction of sp³-hybridized carbons (Fsp3) is 0.345. The lowest BCUT2D eigenvalue weighted by Gasteiger charge is -2.42. The largest absolute Gasteiger partial charge is 0.457 e. The highest BCUT2D eigenvalue weighted by molar-refractivity contribution is 5.98. The van der Waals surface area contributed by atoms with E-state index >= 15 is 0 Å². The Balaban J connectivity index is 1.30. The maximum absolute atomic E-state index is 10.2. The van der Waals surface area contributed by atoms with Gasteiger partial charge in [-0.05, 0) is 55.3 Å². The number of hydrogen-bond acceptors (Lipinski definition) is 8. The molecule has 2 aromatic heterocycles. The zero-order valence-corrected chi connectivity index (χ0v) is 21.4. The normalized spacial score (nSPS) is 22.1. The van der Waals surface area contributed by atoms with Gasteiger partial charge in [0.1, 0.15) is 35.6 Å². The third-order valence-electron chi connectivity index (χ3n) is 8.12. The second-order valence-corrected chi connectivity index (χ2v) is 10.1. The molecule has 3 atom stereocenters. The first kappa shape index (κ1) is 24.5. The second-order valence-electron chi connectivity index (χ2n) is 10.1. The molecule has 3 N–H and O–H groups in total. The van der Waals surface area contributed by atoms with E-state index in [9.17, 15) is 5.11 Å². The molecular formula is C29H32N6O3. The fourth-order valence-electron chi connectivity index (χ4n) is 5.81. The molecule has 2 aromatic carbocycles. The summed E-state index contributed by atoms with van der Waals surface area (Å²) in [6.45, 7) is 7.98. The Labute approximate surface area is 221 Å². The highest BCUT2D eigenvalue weighted by Crippen LogP contribution is 2.47. The summed E-state index contributed by atoms with van der Waals surface area (Å²) in [6, 6.07) is 17.5. The van der Waals surface area contributed by atoms with Crippen molar-refractivity contribution in [1.82, 2.24) is 24.6 Å².